The molecule has 0 spiro atoms. The number of hydrogen-bond donors (Lipinski definition) is 6. The Morgan fingerprint density at radius 2 is 1.15 bits per heavy atom. The van der Waals surface area contributed by atoms with Gasteiger partial charge in [0.2, 0.25) is 0 Å². The first-order valence-electron chi connectivity index (χ1n) is 8.39. The van der Waals surface area contributed by atoms with Gasteiger partial charge in [0, 0.05) is 0 Å². The van der Waals surface area contributed by atoms with E-state index in [1.54, 1.807) is 23.5 Å². The van der Waals surface area contributed by atoms with Crippen LogP contribution in [0.4, 0.5) is 0 Å². The quantitative estimate of drug-likeness (QED) is 0.271. The van der Waals surface area contributed by atoms with E-state index in [1.807, 2.05) is 26.4 Å². The highest BCUT2D eigenvalue weighted by atomic mass is 32.2. The summed E-state index contributed by atoms with van der Waals surface area (Å²) in [6.45, 7) is 3.76. The van der Waals surface area contributed by atoms with Crippen LogP contribution in [0.2, 0.25) is 0 Å². The summed E-state index contributed by atoms with van der Waals surface area (Å²) in [6, 6.07) is -2.06. The minimum Gasteiger partial charge on any atom is -0.480 e. The van der Waals surface area contributed by atoms with Crippen molar-refractivity contribution < 1.29 is 29.7 Å². The lowest BCUT2D eigenvalue weighted by Gasteiger charge is -2.11. The average molecular weight is 430 g/mol. The van der Waals surface area contributed by atoms with Gasteiger partial charge in [-0.25, -0.2) is 0 Å². The molecule has 11 heteroatoms. The molecule has 9 N–H and O–H groups in total. The summed E-state index contributed by atoms with van der Waals surface area (Å²) >= 11 is 3.21. The molecule has 0 aromatic heterocycles. The number of carboxylic acids is 3. The SMILES string of the molecule is CCC(C)C(N)C(=O)O.CSCCC(N)C(=O)O.CSCCC(N)C(=O)O. The zero-order valence-corrected chi connectivity index (χ0v) is 18.1. The summed E-state index contributed by atoms with van der Waals surface area (Å²) in [5.74, 6) is -1.04. The molecule has 0 saturated carbocycles. The number of aliphatic carboxylic acids is 3. The molecule has 4 atom stereocenters. The molecule has 9 nitrogen and oxygen atoms in total. The fourth-order valence-corrected chi connectivity index (χ4v) is 2.21. The Hall–Kier alpha value is -1.01. The smallest absolute Gasteiger partial charge is 0.320 e. The minimum absolute atomic E-state index is 0.0718. The van der Waals surface area contributed by atoms with Crippen LogP contribution in [0.25, 0.3) is 0 Å². The predicted octanol–water partition coefficient (Wildman–Crippen LogP) is 0.747. The molecule has 0 aromatic rings. The average Bonchev–Trinajstić information content (AvgIpc) is 2.63. The fraction of sp³-hybridized carbons (Fsp3) is 0.812. The molecule has 0 radical (unpaired) electrons. The van der Waals surface area contributed by atoms with Gasteiger partial charge in [0.25, 0.3) is 0 Å². The van der Waals surface area contributed by atoms with Crippen molar-refractivity contribution in [1.29, 1.82) is 0 Å². The van der Waals surface area contributed by atoms with Crippen LogP contribution in [0.3, 0.4) is 0 Å². The van der Waals surface area contributed by atoms with Crippen LogP contribution in [0.15, 0.2) is 0 Å². The molecule has 0 aliphatic carbocycles. The van der Waals surface area contributed by atoms with Crippen molar-refractivity contribution in [3.63, 3.8) is 0 Å². The summed E-state index contributed by atoms with van der Waals surface area (Å²) in [4.78, 5) is 30.3. The minimum atomic E-state index is -0.913. The topological polar surface area (TPSA) is 190 Å². The highest BCUT2D eigenvalue weighted by Gasteiger charge is 2.17. The molecular formula is C16H35N3O6S2. The van der Waals surface area contributed by atoms with E-state index in [4.69, 9.17) is 32.5 Å². The number of thioether (sulfide) groups is 2. The monoisotopic (exact) mass is 429 g/mol. The number of carbonyl (C=O) groups is 3. The van der Waals surface area contributed by atoms with Gasteiger partial charge in [-0.05, 0) is 42.8 Å². The molecule has 0 aliphatic rings. The Bertz CT molecular complexity index is 392. The molecule has 0 fully saturated rings. The van der Waals surface area contributed by atoms with Crippen molar-refractivity contribution in [2.45, 2.75) is 51.2 Å². The molecule has 0 amide bonds. The Kier molecular flexibility index (Phi) is 22.5. The van der Waals surface area contributed by atoms with Crippen molar-refractivity contribution in [2.24, 2.45) is 23.1 Å². The lowest BCUT2D eigenvalue weighted by molar-refractivity contribution is -0.140. The maximum Gasteiger partial charge on any atom is 0.320 e. The van der Waals surface area contributed by atoms with Crippen LogP contribution >= 0.6 is 23.5 Å². The molecule has 162 valence electrons. The largest absolute Gasteiger partial charge is 0.480 e. The zero-order valence-electron chi connectivity index (χ0n) is 16.5. The molecular weight excluding hydrogens is 394 g/mol. The van der Waals surface area contributed by atoms with Gasteiger partial charge < -0.3 is 32.5 Å². The third-order valence-electron chi connectivity index (χ3n) is 3.44. The second-order valence-corrected chi connectivity index (χ2v) is 7.67. The predicted molar refractivity (Wildman–Crippen MR) is 112 cm³/mol. The van der Waals surface area contributed by atoms with Gasteiger partial charge >= 0.3 is 17.9 Å². The van der Waals surface area contributed by atoms with E-state index < -0.39 is 36.0 Å². The van der Waals surface area contributed by atoms with Crippen LogP contribution < -0.4 is 17.2 Å². The van der Waals surface area contributed by atoms with E-state index in [-0.39, 0.29) is 5.92 Å². The molecule has 0 bridgehead atoms. The number of carboxylic acid groups (broad SMARTS) is 3. The van der Waals surface area contributed by atoms with Gasteiger partial charge in [-0.1, -0.05) is 20.3 Å². The molecule has 0 aliphatic heterocycles. The standard InChI is InChI=1S/C6H13NO2.2C5H11NO2S/c1-3-4(2)5(7)6(8)9;2*1-9-3-2-4(6)5(7)8/h4-5H,3,7H2,1-2H3,(H,8,9);2*4H,2-3,6H2,1H3,(H,7,8). The second kappa shape index (κ2) is 19.7. The van der Waals surface area contributed by atoms with E-state index in [1.165, 1.54) is 0 Å². The normalized spacial score (nSPS) is 14.3. The van der Waals surface area contributed by atoms with Crippen molar-refractivity contribution in [2.75, 3.05) is 24.0 Å². The summed E-state index contributed by atoms with van der Waals surface area (Å²) in [7, 11) is 0. The number of rotatable bonds is 11. The van der Waals surface area contributed by atoms with Crippen LogP contribution in [0, 0.1) is 5.92 Å². The van der Waals surface area contributed by atoms with E-state index in [0.717, 1.165) is 17.9 Å². The van der Waals surface area contributed by atoms with Crippen molar-refractivity contribution in [3.8, 4) is 0 Å². The van der Waals surface area contributed by atoms with E-state index >= 15 is 0 Å². The fourth-order valence-electron chi connectivity index (χ4n) is 1.23. The summed E-state index contributed by atoms with van der Waals surface area (Å²) < 4.78 is 0. The Labute approximate surface area is 169 Å². The Balaban J connectivity index is -0.000000320. The number of nitrogens with two attached hydrogens (primary N) is 3. The molecule has 0 heterocycles. The van der Waals surface area contributed by atoms with Gasteiger partial charge in [-0.3, -0.25) is 14.4 Å². The Morgan fingerprint density at radius 3 is 1.30 bits per heavy atom. The van der Waals surface area contributed by atoms with Crippen LogP contribution in [-0.2, 0) is 14.4 Å². The van der Waals surface area contributed by atoms with Crippen LogP contribution in [-0.4, -0.2) is 75.4 Å². The van der Waals surface area contributed by atoms with Crippen LogP contribution in [0.1, 0.15) is 33.1 Å². The van der Waals surface area contributed by atoms with Gasteiger partial charge in [-0.2, -0.15) is 23.5 Å². The van der Waals surface area contributed by atoms with E-state index in [0.29, 0.717) is 12.8 Å². The first kappa shape index (κ1) is 30.7. The molecule has 0 aromatic carbocycles. The first-order valence-corrected chi connectivity index (χ1v) is 11.2. The maximum atomic E-state index is 10.2. The van der Waals surface area contributed by atoms with E-state index in [9.17, 15) is 14.4 Å². The first-order chi connectivity index (χ1) is 12.5. The zero-order chi connectivity index (χ0) is 22.0. The van der Waals surface area contributed by atoms with Crippen molar-refractivity contribution >= 4 is 41.4 Å². The third-order valence-corrected chi connectivity index (χ3v) is 4.73. The summed E-state index contributed by atoms with van der Waals surface area (Å²) in [6.07, 6.45) is 5.77. The third kappa shape index (κ3) is 21.2. The van der Waals surface area contributed by atoms with Gasteiger partial charge in [0.1, 0.15) is 18.1 Å². The maximum absolute atomic E-state index is 10.2. The molecule has 4 unspecified atom stereocenters. The second-order valence-electron chi connectivity index (χ2n) is 5.70. The Morgan fingerprint density at radius 1 is 0.815 bits per heavy atom. The number of hydrogen-bond acceptors (Lipinski definition) is 8. The highest BCUT2D eigenvalue weighted by molar-refractivity contribution is 7.98. The molecule has 0 saturated heterocycles. The molecule has 0 rings (SSSR count). The summed E-state index contributed by atoms with van der Waals surface area (Å²) in [5.41, 5.74) is 15.7. The van der Waals surface area contributed by atoms with Gasteiger partial charge in [-0.15, -0.1) is 0 Å². The van der Waals surface area contributed by atoms with Crippen molar-refractivity contribution in [1.82, 2.24) is 0 Å². The lowest BCUT2D eigenvalue weighted by Crippen LogP contribution is -2.36. The van der Waals surface area contributed by atoms with E-state index in [2.05, 4.69) is 0 Å². The van der Waals surface area contributed by atoms with Crippen molar-refractivity contribution in [3.05, 3.63) is 0 Å². The van der Waals surface area contributed by atoms with Gasteiger partial charge in [0.15, 0.2) is 0 Å². The highest BCUT2D eigenvalue weighted by Crippen LogP contribution is 2.04. The van der Waals surface area contributed by atoms with Crippen LogP contribution in [0.5, 0.6) is 0 Å². The lowest BCUT2D eigenvalue weighted by atomic mass is 10.0. The summed E-state index contributed by atoms with van der Waals surface area (Å²) in [5, 5.41) is 24.9. The van der Waals surface area contributed by atoms with Gasteiger partial charge in [0.05, 0.1) is 0 Å². The molecule has 27 heavy (non-hydrogen) atoms.